The normalized spacial score (nSPS) is 23.8. The molecule has 1 N–H and O–H groups in total. The molecule has 0 spiro atoms. The van der Waals surface area contributed by atoms with Crippen LogP contribution in [0.3, 0.4) is 0 Å². The summed E-state index contributed by atoms with van der Waals surface area (Å²) in [5.41, 5.74) is 0.585. The molecule has 2 rings (SSSR count). The van der Waals surface area contributed by atoms with E-state index in [9.17, 15) is 0 Å². The highest BCUT2D eigenvalue weighted by atomic mass is 15.3. The SMILES string of the molecule is CC(C)(C)NCCN1CCN(CC2CCN(C(C)(C)C)CC2)CC1. The fourth-order valence-corrected chi connectivity index (χ4v) is 3.94. The van der Waals surface area contributed by atoms with Crippen molar-refractivity contribution in [1.82, 2.24) is 20.0 Å². The molecule has 0 bridgehead atoms. The molecule has 2 fully saturated rings. The molecule has 2 heterocycles. The van der Waals surface area contributed by atoms with Crippen LogP contribution in [0, 0.1) is 5.92 Å². The summed E-state index contributed by atoms with van der Waals surface area (Å²) < 4.78 is 0. The molecule has 0 amide bonds. The number of nitrogens with one attached hydrogen (secondary N) is 1. The zero-order chi connectivity index (χ0) is 17.8. The van der Waals surface area contributed by atoms with E-state index in [-0.39, 0.29) is 5.54 Å². The molecule has 24 heavy (non-hydrogen) atoms. The van der Waals surface area contributed by atoms with E-state index in [0.717, 1.165) is 12.5 Å². The summed E-state index contributed by atoms with van der Waals surface area (Å²) in [5.74, 6) is 0.915. The van der Waals surface area contributed by atoms with E-state index in [1.807, 2.05) is 0 Å². The van der Waals surface area contributed by atoms with Crippen LogP contribution in [0.4, 0.5) is 0 Å². The monoisotopic (exact) mass is 338 g/mol. The lowest BCUT2D eigenvalue weighted by molar-refractivity contribution is 0.0613. The molecule has 0 aromatic heterocycles. The van der Waals surface area contributed by atoms with E-state index in [1.54, 1.807) is 0 Å². The molecule has 4 heteroatoms. The van der Waals surface area contributed by atoms with Crippen LogP contribution in [0.25, 0.3) is 0 Å². The van der Waals surface area contributed by atoms with Crippen molar-refractivity contribution in [3.63, 3.8) is 0 Å². The molecule has 4 nitrogen and oxygen atoms in total. The Morgan fingerprint density at radius 1 is 0.792 bits per heavy atom. The van der Waals surface area contributed by atoms with Gasteiger partial charge in [-0.2, -0.15) is 0 Å². The maximum atomic E-state index is 3.60. The summed E-state index contributed by atoms with van der Waals surface area (Å²) in [6.07, 6.45) is 2.76. The number of nitrogens with zero attached hydrogens (tertiary/aromatic N) is 3. The third-order valence-corrected chi connectivity index (χ3v) is 5.63. The van der Waals surface area contributed by atoms with Crippen molar-refractivity contribution in [2.24, 2.45) is 5.92 Å². The van der Waals surface area contributed by atoms with Gasteiger partial charge in [-0.1, -0.05) is 0 Å². The van der Waals surface area contributed by atoms with E-state index in [4.69, 9.17) is 0 Å². The lowest BCUT2D eigenvalue weighted by Crippen LogP contribution is -2.52. The number of piperidine rings is 1. The van der Waals surface area contributed by atoms with Gasteiger partial charge in [0.1, 0.15) is 0 Å². The van der Waals surface area contributed by atoms with Crippen molar-refractivity contribution in [1.29, 1.82) is 0 Å². The summed E-state index contributed by atoms with van der Waals surface area (Å²) in [6, 6.07) is 0. The van der Waals surface area contributed by atoms with Gasteiger partial charge in [0.25, 0.3) is 0 Å². The minimum atomic E-state index is 0.240. The first-order chi connectivity index (χ1) is 11.1. The highest BCUT2D eigenvalue weighted by Crippen LogP contribution is 2.24. The minimum absolute atomic E-state index is 0.240. The topological polar surface area (TPSA) is 21.8 Å². The third-order valence-electron chi connectivity index (χ3n) is 5.63. The Morgan fingerprint density at radius 2 is 1.33 bits per heavy atom. The Bertz CT molecular complexity index is 353. The average molecular weight is 339 g/mol. The standard InChI is InChI=1S/C20H42N4/c1-19(2,3)21-9-12-22-13-15-23(16-14-22)17-18-7-10-24(11-8-18)20(4,5)6/h18,21H,7-17H2,1-6H3. The van der Waals surface area contributed by atoms with Crippen molar-refractivity contribution in [3.05, 3.63) is 0 Å². The smallest absolute Gasteiger partial charge is 0.0125 e. The molecular formula is C20H42N4. The second kappa shape index (κ2) is 8.48. The van der Waals surface area contributed by atoms with Gasteiger partial charge in [-0.15, -0.1) is 0 Å². The molecule has 0 aromatic rings. The second-order valence-corrected chi connectivity index (χ2v) is 9.92. The first-order valence-electron chi connectivity index (χ1n) is 10.1. The fraction of sp³-hybridized carbons (Fsp3) is 1.00. The van der Waals surface area contributed by atoms with Crippen LogP contribution in [-0.2, 0) is 0 Å². The van der Waals surface area contributed by atoms with Crippen LogP contribution in [0.15, 0.2) is 0 Å². The number of hydrogen-bond donors (Lipinski definition) is 1. The molecule has 0 aromatic carbocycles. The molecule has 2 aliphatic rings. The van der Waals surface area contributed by atoms with Crippen LogP contribution in [0.1, 0.15) is 54.4 Å². The Kier molecular flexibility index (Phi) is 7.12. The summed E-state index contributed by atoms with van der Waals surface area (Å²) in [7, 11) is 0. The van der Waals surface area contributed by atoms with Crippen molar-refractivity contribution in [3.8, 4) is 0 Å². The van der Waals surface area contributed by atoms with E-state index in [2.05, 4.69) is 61.6 Å². The third kappa shape index (κ3) is 6.99. The van der Waals surface area contributed by atoms with Crippen molar-refractivity contribution >= 4 is 0 Å². The number of rotatable bonds is 5. The maximum absolute atomic E-state index is 3.60. The quantitative estimate of drug-likeness (QED) is 0.831. The fourth-order valence-electron chi connectivity index (χ4n) is 3.94. The average Bonchev–Trinajstić information content (AvgIpc) is 2.47. The summed E-state index contributed by atoms with van der Waals surface area (Å²) in [6.45, 7) is 25.0. The molecule has 142 valence electrons. The predicted molar refractivity (Wildman–Crippen MR) is 105 cm³/mol. The predicted octanol–water partition coefficient (Wildman–Crippen LogP) is 2.50. The Labute approximate surface area is 150 Å². The first-order valence-corrected chi connectivity index (χ1v) is 10.1. The van der Waals surface area contributed by atoms with E-state index < -0.39 is 0 Å². The van der Waals surface area contributed by atoms with Crippen LogP contribution in [0.5, 0.6) is 0 Å². The molecule has 0 radical (unpaired) electrons. The Balaban J connectivity index is 1.60. The second-order valence-electron chi connectivity index (χ2n) is 9.92. The molecular weight excluding hydrogens is 296 g/mol. The Morgan fingerprint density at radius 3 is 1.83 bits per heavy atom. The van der Waals surface area contributed by atoms with Gasteiger partial charge in [0.2, 0.25) is 0 Å². The highest BCUT2D eigenvalue weighted by molar-refractivity contribution is 4.84. The number of piperazine rings is 1. The highest BCUT2D eigenvalue weighted by Gasteiger charge is 2.28. The largest absolute Gasteiger partial charge is 0.311 e. The minimum Gasteiger partial charge on any atom is -0.311 e. The van der Waals surface area contributed by atoms with Crippen molar-refractivity contribution in [2.45, 2.75) is 65.5 Å². The number of hydrogen-bond acceptors (Lipinski definition) is 4. The van der Waals surface area contributed by atoms with Crippen molar-refractivity contribution < 1.29 is 0 Å². The van der Waals surface area contributed by atoms with Crippen LogP contribution >= 0.6 is 0 Å². The van der Waals surface area contributed by atoms with Gasteiger partial charge in [0.15, 0.2) is 0 Å². The molecule has 0 saturated carbocycles. The van der Waals surface area contributed by atoms with E-state index >= 15 is 0 Å². The summed E-state index contributed by atoms with van der Waals surface area (Å²) in [4.78, 5) is 7.99. The molecule has 2 saturated heterocycles. The van der Waals surface area contributed by atoms with E-state index in [1.165, 1.54) is 65.2 Å². The van der Waals surface area contributed by atoms with Gasteiger partial charge >= 0.3 is 0 Å². The van der Waals surface area contributed by atoms with Gasteiger partial charge < -0.3 is 10.2 Å². The lowest BCUT2D eigenvalue weighted by atomic mass is 9.92. The van der Waals surface area contributed by atoms with Gasteiger partial charge in [-0.3, -0.25) is 9.80 Å². The van der Waals surface area contributed by atoms with Gasteiger partial charge in [0.05, 0.1) is 0 Å². The van der Waals surface area contributed by atoms with Gasteiger partial charge in [0, 0.05) is 56.9 Å². The van der Waals surface area contributed by atoms with Crippen LogP contribution < -0.4 is 5.32 Å². The van der Waals surface area contributed by atoms with Crippen LogP contribution in [0.2, 0.25) is 0 Å². The lowest BCUT2D eigenvalue weighted by Gasteiger charge is -2.43. The Hall–Kier alpha value is -0.160. The van der Waals surface area contributed by atoms with E-state index in [0.29, 0.717) is 5.54 Å². The summed E-state index contributed by atoms with van der Waals surface area (Å²) in [5, 5.41) is 3.60. The zero-order valence-electron chi connectivity index (χ0n) is 17.2. The molecule has 2 aliphatic heterocycles. The van der Waals surface area contributed by atoms with Gasteiger partial charge in [-0.05, 0) is 73.4 Å². The first kappa shape index (κ1) is 20.2. The molecule has 0 unspecified atom stereocenters. The molecule has 0 atom stereocenters. The van der Waals surface area contributed by atoms with Gasteiger partial charge in [-0.25, -0.2) is 0 Å². The maximum Gasteiger partial charge on any atom is 0.0125 e. The number of likely N-dealkylation sites (tertiary alicyclic amines) is 1. The zero-order valence-corrected chi connectivity index (χ0v) is 17.2. The van der Waals surface area contributed by atoms with Crippen LogP contribution in [-0.4, -0.2) is 84.7 Å². The van der Waals surface area contributed by atoms with Crippen molar-refractivity contribution in [2.75, 3.05) is 58.9 Å². The molecule has 0 aliphatic carbocycles. The summed E-state index contributed by atoms with van der Waals surface area (Å²) >= 11 is 0.